The Morgan fingerprint density at radius 3 is 2.50 bits per heavy atom. The van der Waals surface area contributed by atoms with Crippen molar-refractivity contribution in [3.63, 3.8) is 0 Å². The van der Waals surface area contributed by atoms with E-state index in [-0.39, 0.29) is 6.01 Å². The third-order valence-corrected chi connectivity index (χ3v) is 2.85. The van der Waals surface area contributed by atoms with Crippen LogP contribution in [0.25, 0.3) is 0 Å². The van der Waals surface area contributed by atoms with E-state index in [2.05, 4.69) is 9.36 Å². The second-order valence-corrected chi connectivity index (χ2v) is 4.23. The Kier molecular flexibility index (Phi) is 3.48. The molecule has 2 aromatic rings. The molecule has 0 saturated heterocycles. The van der Waals surface area contributed by atoms with Gasteiger partial charge in [-0.2, -0.15) is 0 Å². The monoisotopic (exact) mass is 276 g/mol. The number of halogens is 2. The molecule has 16 heavy (non-hydrogen) atoms. The minimum Gasteiger partial charge on any atom is -0.466 e. The fraction of sp³-hybridized carbons (Fsp3) is 0.111. The molecule has 0 amide bonds. The summed E-state index contributed by atoms with van der Waals surface area (Å²) in [4.78, 5) is 3.95. The minimum atomic E-state index is 0.253. The number of aromatic nitrogens is 2. The van der Waals surface area contributed by atoms with Gasteiger partial charge in [-0.05, 0) is 12.1 Å². The molecule has 0 unspecified atom stereocenters. The number of methoxy groups -OCH3 is 1. The Labute approximate surface area is 106 Å². The quantitative estimate of drug-likeness (QED) is 0.859. The van der Waals surface area contributed by atoms with Crippen molar-refractivity contribution >= 4 is 34.7 Å². The molecular formula is C9H6Cl2N2O2S. The first kappa shape index (κ1) is 11.4. The van der Waals surface area contributed by atoms with Gasteiger partial charge < -0.3 is 9.47 Å². The predicted molar refractivity (Wildman–Crippen MR) is 63.0 cm³/mol. The Morgan fingerprint density at radius 1 is 1.25 bits per heavy atom. The average Bonchev–Trinajstić information content (AvgIpc) is 2.71. The fourth-order valence-corrected chi connectivity index (χ4v) is 1.97. The molecule has 84 valence electrons. The summed E-state index contributed by atoms with van der Waals surface area (Å²) in [5.74, 6) is 0.365. The lowest BCUT2D eigenvalue weighted by atomic mass is 10.3. The molecule has 1 aromatic carbocycles. The third kappa shape index (κ3) is 2.37. The van der Waals surface area contributed by atoms with Gasteiger partial charge in [-0.1, -0.05) is 29.3 Å². The molecule has 0 aliphatic heterocycles. The number of para-hydroxylation sites is 1. The molecular weight excluding hydrogens is 271 g/mol. The molecule has 0 spiro atoms. The van der Waals surface area contributed by atoms with Gasteiger partial charge in [-0.3, -0.25) is 0 Å². The highest BCUT2D eigenvalue weighted by molar-refractivity contribution is 7.07. The van der Waals surface area contributed by atoms with Crippen LogP contribution in [0, 0.1) is 0 Å². The van der Waals surface area contributed by atoms with E-state index in [0.717, 1.165) is 11.5 Å². The van der Waals surface area contributed by atoms with Crippen LogP contribution < -0.4 is 9.47 Å². The molecule has 0 saturated carbocycles. The fourth-order valence-electron chi connectivity index (χ4n) is 0.989. The van der Waals surface area contributed by atoms with Crippen LogP contribution in [0.3, 0.4) is 0 Å². The molecule has 1 aromatic heterocycles. The number of ether oxygens (including phenoxy) is 2. The first-order valence-electron chi connectivity index (χ1n) is 4.20. The summed E-state index contributed by atoms with van der Waals surface area (Å²) in [5, 5.41) is 1.16. The Morgan fingerprint density at radius 2 is 1.94 bits per heavy atom. The number of benzene rings is 1. The van der Waals surface area contributed by atoms with Crippen LogP contribution in [0.4, 0.5) is 0 Å². The van der Waals surface area contributed by atoms with Gasteiger partial charge in [0.2, 0.25) is 0 Å². The summed E-state index contributed by atoms with van der Waals surface area (Å²) in [7, 11) is 1.48. The molecule has 0 N–H and O–H groups in total. The van der Waals surface area contributed by atoms with Crippen LogP contribution in [0.15, 0.2) is 18.2 Å². The predicted octanol–water partition coefficient (Wildman–Crippen LogP) is 3.65. The first-order valence-corrected chi connectivity index (χ1v) is 5.73. The molecule has 2 rings (SSSR count). The topological polar surface area (TPSA) is 44.2 Å². The highest BCUT2D eigenvalue weighted by atomic mass is 35.5. The summed E-state index contributed by atoms with van der Waals surface area (Å²) in [6.07, 6.45) is 0. The van der Waals surface area contributed by atoms with E-state index in [1.807, 2.05) is 0 Å². The molecule has 7 heteroatoms. The van der Waals surface area contributed by atoms with E-state index in [9.17, 15) is 0 Å². The molecule has 0 aliphatic carbocycles. The van der Waals surface area contributed by atoms with Gasteiger partial charge in [-0.15, -0.1) is 9.36 Å². The summed E-state index contributed by atoms with van der Waals surface area (Å²) in [6.45, 7) is 0. The molecule has 0 atom stereocenters. The molecule has 0 aliphatic rings. The summed E-state index contributed by atoms with van der Waals surface area (Å²) < 4.78 is 14.1. The van der Waals surface area contributed by atoms with Gasteiger partial charge in [0, 0.05) is 11.5 Å². The zero-order chi connectivity index (χ0) is 11.5. The summed E-state index contributed by atoms with van der Waals surface area (Å²) in [6, 6.07) is 5.35. The lowest BCUT2D eigenvalue weighted by Crippen LogP contribution is -1.87. The highest BCUT2D eigenvalue weighted by Gasteiger charge is 2.11. The van der Waals surface area contributed by atoms with Gasteiger partial charge in [0.05, 0.1) is 17.2 Å². The van der Waals surface area contributed by atoms with E-state index >= 15 is 0 Å². The SMILES string of the molecule is COc1nsc(Oc2c(Cl)cccc2Cl)n1. The molecule has 1 heterocycles. The van der Waals surface area contributed by atoms with E-state index < -0.39 is 0 Å². The number of hydrogen-bond donors (Lipinski definition) is 0. The maximum Gasteiger partial charge on any atom is 0.331 e. The van der Waals surface area contributed by atoms with E-state index in [1.165, 1.54) is 7.11 Å². The van der Waals surface area contributed by atoms with Gasteiger partial charge >= 0.3 is 11.2 Å². The van der Waals surface area contributed by atoms with Gasteiger partial charge in [0.25, 0.3) is 0 Å². The molecule has 0 bridgehead atoms. The number of nitrogens with zero attached hydrogens (tertiary/aromatic N) is 2. The summed E-state index contributed by atoms with van der Waals surface area (Å²) >= 11 is 12.9. The lowest BCUT2D eigenvalue weighted by molar-refractivity contribution is 0.378. The van der Waals surface area contributed by atoms with Crippen LogP contribution in [0.2, 0.25) is 10.0 Å². The number of rotatable bonds is 3. The van der Waals surface area contributed by atoms with Gasteiger partial charge in [-0.25, -0.2) is 0 Å². The zero-order valence-electron chi connectivity index (χ0n) is 8.11. The van der Waals surface area contributed by atoms with Crippen molar-refractivity contribution in [3.8, 4) is 17.0 Å². The second-order valence-electron chi connectivity index (χ2n) is 2.70. The standard InChI is InChI=1S/C9H6Cl2N2O2S/c1-14-8-12-9(16-13-8)15-7-5(10)3-2-4-6(7)11/h2-4H,1H3. The van der Waals surface area contributed by atoms with E-state index in [4.69, 9.17) is 32.7 Å². The number of hydrogen-bond acceptors (Lipinski definition) is 5. The average molecular weight is 277 g/mol. The highest BCUT2D eigenvalue weighted by Crippen LogP contribution is 2.36. The Balaban J connectivity index is 2.26. The maximum absolute atomic E-state index is 5.94. The molecule has 0 radical (unpaired) electrons. The summed E-state index contributed by atoms with van der Waals surface area (Å²) in [5.41, 5.74) is 0. The van der Waals surface area contributed by atoms with Crippen molar-refractivity contribution in [2.75, 3.05) is 7.11 Å². The van der Waals surface area contributed by atoms with Crippen LogP contribution in [0.5, 0.6) is 17.0 Å². The van der Waals surface area contributed by atoms with Gasteiger partial charge in [0.15, 0.2) is 5.75 Å². The van der Waals surface area contributed by atoms with Crippen LogP contribution in [0.1, 0.15) is 0 Å². The van der Waals surface area contributed by atoms with Crippen molar-refractivity contribution in [2.24, 2.45) is 0 Å². The molecule has 4 nitrogen and oxygen atoms in total. The Bertz CT molecular complexity index is 484. The van der Waals surface area contributed by atoms with Gasteiger partial charge in [0.1, 0.15) is 0 Å². The maximum atomic E-state index is 5.94. The van der Waals surface area contributed by atoms with Crippen LogP contribution >= 0.6 is 34.7 Å². The van der Waals surface area contributed by atoms with E-state index in [0.29, 0.717) is 21.0 Å². The van der Waals surface area contributed by atoms with E-state index in [1.54, 1.807) is 18.2 Å². The third-order valence-electron chi connectivity index (χ3n) is 1.68. The van der Waals surface area contributed by atoms with Crippen molar-refractivity contribution in [2.45, 2.75) is 0 Å². The van der Waals surface area contributed by atoms with Crippen LogP contribution in [-0.2, 0) is 0 Å². The van der Waals surface area contributed by atoms with Crippen molar-refractivity contribution in [1.29, 1.82) is 0 Å². The first-order chi connectivity index (χ1) is 7.70. The second kappa shape index (κ2) is 4.86. The van der Waals surface area contributed by atoms with Crippen molar-refractivity contribution < 1.29 is 9.47 Å². The normalized spacial score (nSPS) is 10.2. The van der Waals surface area contributed by atoms with Crippen molar-refractivity contribution in [3.05, 3.63) is 28.2 Å². The minimum absolute atomic E-state index is 0.253. The molecule has 0 fully saturated rings. The lowest BCUT2D eigenvalue weighted by Gasteiger charge is -2.04. The Hall–Kier alpha value is -1.04. The largest absolute Gasteiger partial charge is 0.466 e. The smallest absolute Gasteiger partial charge is 0.331 e. The zero-order valence-corrected chi connectivity index (χ0v) is 10.4. The van der Waals surface area contributed by atoms with Crippen LogP contribution in [-0.4, -0.2) is 16.5 Å². The van der Waals surface area contributed by atoms with Crippen molar-refractivity contribution in [1.82, 2.24) is 9.36 Å².